The second kappa shape index (κ2) is 10.9. The summed E-state index contributed by atoms with van der Waals surface area (Å²) in [5, 5.41) is 11.9. The van der Waals surface area contributed by atoms with Gasteiger partial charge in [-0.1, -0.05) is 36.4 Å². The molecule has 2 N–H and O–H groups in total. The molecule has 0 saturated heterocycles. The van der Waals surface area contributed by atoms with E-state index in [2.05, 4.69) is 5.32 Å². The summed E-state index contributed by atoms with van der Waals surface area (Å²) in [5.41, 5.74) is 3.34. The molecule has 3 aromatic carbocycles. The second-order valence-electron chi connectivity index (χ2n) is 9.00. The predicted octanol–water partition coefficient (Wildman–Crippen LogP) is 4.99. The monoisotopic (exact) mass is 475 g/mol. The minimum Gasteiger partial charge on any atom is -0.496 e. The van der Waals surface area contributed by atoms with E-state index in [1.54, 1.807) is 12.1 Å². The predicted molar refractivity (Wildman–Crippen MR) is 133 cm³/mol. The molecule has 0 radical (unpaired) electrons. The molecule has 0 aromatic heterocycles. The lowest BCUT2D eigenvalue weighted by atomic mass is 10.0. The molecule has 0 aliphatic rings. The molecular weight excluding hydrogens is 446 g/mol. The molecule has 182 valence electrons. The molecule has 0 aliphatic heterocycles. The number of benzene rings is 3. The maximum atomic E-state index is 12.5. The van der Waals surface area contributed by atoms with Crippen LogP contribution in [-0.2, 0) is 11.2 Å². The van der Waals surface area contributed by atoms with Gasteiger partial charge in [-0.3, -0.25) is 4.79 Å². The molecule has 0 heterocycles. The fourth-order valence-electron chi connectivity index (χ4n) is 3.43. The topological polar surface area (TPSA) is 102 Å². The van der Waals surface area contributed by atoms with Gasteiger partial charge in [0.15, 0.2) is 0 Å². The van der Waals surface area contributed by atoms with Crippen LogP contribution in [0, 0.1) is 0 Å². The van der Waals surface area contributed by atoms with Crippen molar-refractivity contribution in [1.82, 2.24) is 5.32 Å². The number of carbonyl (C=O) groups excluding carboxylic acids is 2. The number of hydrogen-bond donors (Lipinski definition) is 2. The van der Waals surface area contributed by atoms with Gasteiger partial charge in [-0.15, -0.1) is 0 Å². The highest BCUT2D eigenvalue weighted by Gasteiger charge is 2.18. The molecule has 0 aliphatic carbocycles. The molecule has 0 fully saturated rings. The average molecular weight is 476 g/mol. The molecule has 1 amide bonds. The Morgan fingerprint density at radius 3 is 1.97 bits per heavy atom. The van der Waals surface area contributed by atoms with Crippen LogP contribution >= 0.6 is 0 Å². The Bertz CT molecular complexity index is 1210. The number of carboxylic acid groups (broad SMARTS) is 1. The van der Waals surface area contributed by atoms with E-state index in [1.807, 2.05) is 57.2 Å². The van der Waals surface area contributed by atoms with Crippen LogP contribution in [-0.4, -0.2) is 42.2 Å². The number of methoxy groups -OCH3 is 1. The fraction of sp³-hybridized carbons (Fsp3) is 0.250. The van der Waals surface area contributed by atoms with E-state index in [4.69, 9.17) is 14.6 Å². The summed E-state index contributed by atoms with van der Waals surface area (Å²) in [5.74, 6) is -1.56. The standard InChI is InChI=1S/C28H29NO6/c1-28(2,3)35-27(33)21-11-9-20(10-12-21)19-7-5-18(6-8-19)15-16-29-25(30)23-14-13-22(26(31)32)17-24(23)34-4/h5-14,17H,15-16H2,1-4H3,(H,29,30)(H,31,32). The Hall–Kier alpha value is -4.13. The summed E-state index contributed by atoms with van der Waals surface area (Å²) in [7, 11) is 1.39. The van der Waals surface area contributed by atoms with Crippen LogP contribution in [0.3, 0.4) is 0 Å². The molecular formula is C28H29NO6. The van der Waals surface area contributed by atoms with Crippen molar-refractivity contribution in [2.24, 2.45) is 0 Å². The van der Waals surface area contributed by atoms with Gasteiger partial charge in [0.2, 0.25) is 0 Å². The maximum absolute atomic E-state index is 12.5. The normalized spacial score (nSPS) is 11.0. The zero-order chi connectivity index (χ0) is 25.6. The van der Waals surface area contributed by atoms with Crippen LogP contribution in [0.2, 0.25) is 0 Å². The van der Waals surface area contributed by atoms with Crippen molar-refractivity contribution in [3.05, 3.63) is 89.0 Å². The largest absolute Gasteiger partial charge is 0.496 e. The van der Waals surface area contributed by atoms with Gasteiger partial charge in [-0.05, 0) is 74.2 Å². The Kier molecular flexibility index (Phi) is 7.91. The molecule has 0 unspecified atom stereocenters. The third kappa shape index (κ3) is 6.93. The van der Waals surface area contributed by atoms with Gasteiger partial charge in [0.05, 0.1) is 23.8 Å². The van der Waals surface area contributed by atoms with Gasteiger partial charge in [-0.2, -0.15) is 0 Å². The van der Waals surface area contributed by atoms with Gasteiger partial charge < -0.3 is 19.9 Å². The van der Waals surface area contributed by atoms with E-state index in [0.717, 1.165) is 16.7 Å². The van der Waals surface area contributed by atoms with E-state index in [0.29, 0.717) is 18.5 Å². The summed E-state index contributed by atoms with van der Waals surface area (Å²) in [6, 6.07) is 19.4. The lowest BCUT2D eigenvalue weighted by Crippen LogP contribution is -2.26. The van der Waals surface area contributed by atoms with Crippen LogP contribution in [0.5, 0.6) is 5.75 Å². The highest BCUT2D eigenvalue weighted by Crippen LogP contribution is 2.22. The molecule has 7 nitrogen and oxygen atoms in total. The van der Waals surface area contributed by atoms with E-state index in [-0.39, 0.29) is 28.8 Å². The first kappa shape index (κ1) is 25.5. The fourth-order valence-corrected chi connectivity index (χ4v) is 3.43. The summed E-state index contributed by atoms with van der Waals surface area (Å²) in [6.07, 6.45) is 0.624. The second-order valence-corrected chi connectivity index (χ2v) is 9.00. The van der Waals surface area contributed by atoms with Gasteiger partial charge >= 0.3 is 11.9 Å². The first-order valence-corrected chi connectivity index (χ1v) is 11.2. The number of hydrogen-bond acceptors (Lipinski definition) is 5. The number of aromatic carboxylic acids is 1. The summed E-state index contributed by atoms with van der Waals surface area (Å²) in [6.45, 7) is 5.91. The molecule has 7 heteroatoms. The Labute approximate surface area is 204 Å². The number of rotatable bonds is 8. The lowest BCUT2D eigenvalue weighted by Gasteiger charge is -2.19. The Morgan fingerprint density at radius 2 is 1.43 bits per heavy atom. The average Bonchev–Trinajstić information content (AvgIpc) is 2.83. The summed E-state index contributed by atoms with van der Waals surface area (Å²) >= 11 is 0. The quantitative estimate of drug-likeness (QED) is 0.445. The van der Waals surface area contributed by atoms with Crippen LogP contribution in [0.1, 0.15) is 57.4 Å². The van der Waals surface area contributed by atoms with Crippen LogP contribution in [0.4, 0.5) is 0 Å². The zero-order valence-electron chi connectivity index (χ0n) is 20.3. The summed E-state index contributed by atoms with van der Waals surface area (Å²) in [4.78, 5) is 35.8. The van der Waals surface area contributed by atoms with Gasteiger partial charge in [0, 0.05) is 6.54 Å². The van der Waals surface area contributed by atoms with Crippen molar-refractivity contribution in [3.8, 4) is 16.9 Å². The first-order valence-electron chi connectivity index (χ1n) is 11.2. The molecule has 3 rings (SSSR count). The van der Waals surface area contributed by atoms with Crippen LogP contribution in [0.15, 0.2) is 66.7 Å². The van der Waals surface area contributed by atoms with Crippen molar-refractivity contribution in [1.29, 1.82) is 0 Å². The lowest BCUT2D eigenvalue weighted by molar-refractivity contribution is 0.00692. The van der Waals surface area contributed by atoms with Gasteiger partial charge in [0.1, 0.15) is 11.4 Å². The van der Waals surface area contributed by atoms with Crippen molar-refractivity contribution in [2.75, 3.05) is 13.7 Å². The minimum atomic E-state index is -1.09. The number of carbonyl (C=O) groups is 3. The van der Waals surface area contributed by atoms with E-state index in [1.165, 1.54) is 25.3 Å². The van der Waals surface area contributed by atoms with Crippen molar-refractivity contribution >= 4 is 17.8 Å². The molecule has 0 spiro atoms. The van der Waals surface area contributed by atoms with E-state index < -0.39 is 11.6 Å². The third-order valence-electron chi connectivity index (χ3n) is 5.20. The molecule has 35 heavy (non-hydrogen) atoms. The van der Waals surface area contributed by atoms with Gasteiger partial charge in [-0.25, -0.2) is 9.59 Å². The zero-order valence-corrected chi connectivity index (χ0v) is 20.3. The van der Waals surface area contributed by atoms with Crippen molar-refractivity contribution < 1.29 is 29.0 Å². The number of carboxylic acids is 1. The number of esters is 1. The maximum Gasteiger partial charge on any atom is 0.338 e. The van der Waals surface area contributed by atoms with E-state index in [9.17, 15) is 14.4 Å². The molecule has 3 aromatic rings. The number of nitrogens with one attached hydrogen (secondary N) is 1. The van der Waals surface area contributed by atoms with Crippen molar-refractivity contribution in [2.45, 2.75) is 32.8 Å². The molecule has 0 atom stereocenters. The highest BCUT2D eigenvalue weighted by atomic mass is 16.6. The SMILES string of the molecule is COc1cc(C(=O)O)ccc1C(=O)NCCc1ccc(-c2ccc(C(=O)OC(C)(C)C)cc2)cc1. The number of ether oxygens (including phenoxy) is 2. The van der Waals surface area contributed by atoms with Crippen LogP contribution in [0.25, 0.3) is 11.1 Å². The highest BCUT2D eigenvalue weighted by molar-refractivity contribution is 5.98. The Balaban J connectivity index is 1.57. The Morgan fingerprint density at radius 1 is 0.857 bits per heavy atom. The molecule has 0 saturated carbocycles. The number of amides is 1. The van der Waals surface area contributed by atoms with Crippen LogP contribution < -0.4 is 10.1 Å². The third-order valence-corrected chi connectivity index (χ3v) is 5.20. The summed E-state index contributed by atoms with van der Waals surface area (Å²) < 4.78 is 10.6. The van der Waals surface area contributed by atoms with Crippen molar-refractivity contribution in [3.63, 3.8) is 0 Å². The first-order chi connectivity index (χ1) is 16.6. The molecule has 0 bridgehead atoms. The van der Waals surface area contributed by atoms with Gasteiger partial charge in [0.25, 0.3) is 5.91 Å². The smallest absolute Gasteiger partial charge is 0.338 e. The van der Waals surface area contributed by atoms with E-state index >= 15 is 0 Å². The minimum absolute atomic E-state index is 0.0537.